The first-order valence-electron chi connectivity index (χ1n) is 36.9. The summed E-state index contributed by atoms with van der Waals surface area (Å²) in [5.41, 5.74) is 9.18. The Bertz CT molecular complexity index is 4100. The minimum Gasteiger partial charge on any atom is -0.374 e. The van der Waals surface area contributed by atoms with Gasteiger partial charge >= 0.3 is 0 Å². The molecule has 1 amide bonds. The van der Waals surface area contributed by atoms with Crippen molar-refractivity contribution in [2.75, 3.05) is 19.8 Å². The van der Waals surface area contributed by atoms with Crippen LogP contribution in [-0.2, 0) is 142 Å². The summed E-state index contributed by atoms with van der Waals surface area (Å²) in [7, 11) is 0. The first-order chi connectivity index (χ1) is 52.9. The van der Waals surface area contributed by atoms with E-state index >= 15 is 0 Å². The number of benzene rings is 10. The highest BCUT2D eigenvalue weighted by atomic mass is 16.8. The van der Waals surface area contributed by atoms with Crippen molar-refractivity contribution in [1.82, 2.24) is 5.32 Å². The third kappa shape index (κ3) is 22.8. The van der Waals surface area contributed by atoms with Crippen LogP contribution in [0.3, 0.4) is 0 Å². The van der Waals surface area contributed by atoms with E-state index in [1.807, 2.05) is 303 Å². The van der Waals surface area contributed by atoms with E-state index in [1.165, 1.54) is 6.92 Å². The molecule has 17 heteroatoms. The fourth-order valence-electron chi connectivity index (χ4n) is 13.5. The molecule has 0 saturated carbocycles. The summed E-state index contributed by atoms with van der Waals surface area (Å²) in [6.45, 7) is 3.14. The van der Waals surface area contributed by atoms with Crippen LogP contribution in [0.15, 0.2) is 303 Å². The fraction of sp³-hybridized carbons (Fsp3) is 0.322. The molecule has 3 fully saturated rings. The second kappa shape index (κ2) is 40.9. The van der Waals surface area contributed by atoms with Gasteiger partial charge in [-0.15, -0.1) is 0 Å². The number of carbonyl (C=O) groups is 1. The Morgan fingerprint density at radius 2 is 0.467 bits per heavy atom. The monoisotopic (exact) mass is 1450 g/mol. The SMILES string of the molecule is CC(=O)N[C@H]1[C@H](OCc2ccccc2)O[C@H](COCc2ccccc2)[C@@H](O[C@@H]2O[C@H](COCc3ccccc3)[C@H](O[C@H]3O[C@H](COCc4ccccc4)[C@H](OCc4ccccc4)[C@H](OCc4ccccc4)[C@H]3OCc3ccccc3)[C@H](OCc3ccccc3)[C@H]2OCc2ccccc2)[C@@H]1OCc1ccccc1. The van der Waals surface area contributed by atoms with Crippen LogP contribution >= 0.6 is 0 Å². The van der Waals surface area contributed by atoms with Crippen molar-refractivity contribution in [3.8, 4) is 0 Å². The third-order valence-electron chi connectivity index (χ3n) is 18.9. The van der Waals surface area contributed by atoms with Gasteiger partial charge in [0.1, 0.15) is 73.2 Å². The first kappa shape index (κ1) is 76.3. The molecule has 0 bridgehead atoms. The molecule has 3 saturated heterocycles. The minimum absolute atomic E-state index is 0.0164. The number of nitrogens with one attached hydrogen (secondary N) is 1. The van der Waals surface area contributed by atoms with Crippen molar-refractivity contribution in [3.05, 3.63) is 359 Å². The summed E-state index contributed by atoms with van der Waals surface area (Å²) in [5, 5.41) is 3.20. The number of hydrogen-bond donors (Lipinski definition) is 1. The van der Waals surface area contributed by atoms with Crippen molar-refractivity contribution in [2.45, 2.75) is 165 Å². The standard InChI is InChI=1S/C90H95NO16/c1-65(92)91-79-83(97-56-70-40-20-6-21-41-70)81(77(63-94-53-67-34-14-3-15-35-67)103-88(79)102-61-75-50-30-11-31-51-75)106-90-87(101-60-74-48-28-10-29-49-74)85(99-58-72-44-24-8-25-45-72)82(78(105-90)64-95-54-68-36-16-4-17-37-68)107-89-86(100-59-73-46-26-9-27-47-73)84(98-57-71-42-22-7-23-43-71)80(96-55-69-38-18-5-19-39-69)76(104-89)62-93-52-66-32-12-2-13-33-66/h2-51,76-90H,52-64H2,1H3,(H,91,92)/t76-,77-,78-,79-,80+,81-,82+,83-,84+,85+,86-,87-,88-,89-,90+/m1/s1. The molecule has 3 aliphatic heterocycles. The van der Waals surface area contributed by atoms with Gasteiger partial charge in [0, 0.05) is 6.92 Å². The molecule has 0 aromatic heterocycles. The summed E-state index contributed by atoms with van der Waals surface area (Å²) in [6, 6.07) is 98.5. The lowest BCUT2D eigenvalue weighted by Crippen LogP contribution is -2.69. The predicted octanol–water partition coefficient (Wildman–Crippen LogP) is 14.8. The molecule has 1 N–H and O–H groups in total. The average Bonchev–Trinajstić information content (AvgIpc) is 0.764. The second-order valence-corrected chi connectivity index (χ2v) is 26.9. The van der Waals surface area contributed by atoms with Gasteiger partial charge in [-0.2, -0.15) is 0 Å². The van der Waals surface area contributed by atoms with Crippen molar-refractivity contribution < 1.29 is 75.8 Å². The van der Waals surface area contributed by atoms with Crippen LogP contribution in [-0.4, -0.2) is 118 Å². The van der Waals surface area contributed by atoms with Gasteiger partial charge in [-0.1, -0.05) is 303 Å². The van der Waals surface area contributed by atoms with Crippen molar-refractivity contribution in [3.63, 3.8) is 0 Å². The van der Waals surface area contributed by atoms with Crippen LogP contribution in [0.25, 0.3) is 0 Å². The summed E-state index contributed by atoms with van der Waals surface area (Å²) in [6.07, 6.45) is -14.6. The summed E-state index contributed by atoms with van der Waals surface area (Å²) >= 11 is 0. The van der Waals surface area contributed by atoms with Crippen LogP contribution in [0.4, 0.5) is 0 Å². The van der Waals surface area contributed by atoms with Crippen LogP contribution in [0.2, 0.25) is 0 Å². The van der Waals surface area contributed by atoms with E-state index in [9.17, 15) is 4.79 Å². The van der Waals surface area contributed by atoms with Gasteiger partial charge < -0.3 is 76.4 Å². The lowest BCUT2D eigenvalue weighted by molar-refractivity contribution is -0.390. The van der Waals surface area contributed by atoms with E-state index in [0.29, 0.717) is 0 Å². The lowest BCUT2D eigenvalue weighted by atomic mass is 9.94. The average molecular weight is 1450 g/mol. The maximum atomic E-state index is 13.8. The summed E-state index contributed by atoms with van der Waals surface area (Å²) in [4.78, 5) is 13.8. The highest BCUT2D eigenvalue weighted by Gasteiger charge is 2.57. The number of carbonyl (C=O) groups excluding carboxylic acids is 1. The van der Waals surface area contributed by atoms with Crippen LogP contribution in [0, 0.1) is 0 Å². The van der Waals surface area contributed by atoms with Gasteiger partial charge in [-0.3, -0.25) is 4.79 Å². The van der Waals surface area contributed by atoms with Crippen molar-refractivity contribution in [2.24, 2.45) is 0 Å². The van der Waals surface area contributed by atoms with E-state index in [1.54, 1.807) is 0 Å². The van der Waals surface area contributed by atoms with E-state index in [0.717, 1.165) is 55.6 Å². The maximum absolute atomic E-state index is 13.8. The topological polar surface area (TPSA) is 168 Å². The molecule has 13 rings (SSSR count). The lowest BCUT2D eigenvalue weighted by Gasteiger charge is -2.52. The molecule has 556 valence electrons. The van der Waals surface area contributed by atoms with Crippen LogP contribution in [0.1, 0.15) is 62.6 Å². The molecular formula is C90H95NO16. The van der Waals surface area contributed by atoms with E-state index in [2.05, 4.69) is 5.32 Å². The Kier molecular flexibility index (Phi) is 29.1. The molecule has 10 aromatic carbocycles. The molecule has 0 radical (unpaired) electrons. The molecule has 15 atom stereocenters. The molecule has 3 heterocycles. The quantitative estimate of drug-likeness (QED) is 0.0388. The van der Waals surface area contributed by atoms with E-state index in [4.69, 9.17) is 71.1 Å². The van der Waals surface area contributed by atoms with E-state index in [-0.39, 0.29) is 91.8 Å². The Morgan fingerprint density at radius 1 is 0.252 bits per heavy atom. The minimum atomic E-state index is -1.34. The number of hydrogen-bond acceptors (Lipinski definition) is 16. The van der Waals surface area contributed by atoms with Gasteiger partial charge in [-0.25, -0.2) is 0 Å². The van der Waals surface area contributed by atoms with E-state index < -0.39 is 92.1 Å². The molecule has 17 nitrogen and oxygen atoms in total. The number of amides is 1. The normalized spacial score (nSPS) is 24.3. The molecule has 107 heavy (non-hydrogen) atoms. The second-order valence-electron chi connectivity index (χ2n) is 26.9. The molecule has 3 aliphatic rings. The van der Waals surface area contributed by atoms with Gasteiger partial charge in [-0.05, 0) is 55.6 Å². The predicted molar refractivity (Wildman–Crippen MR) is 403 cm³/mol. The first-order valence-corrected chi connectivity index (χ1v) is 36.9. The Labute approximate surface area is 627 Å². The molecule has 10 aromatic rings. The zero-order chi connectivity index (χ0) is 72.9. The molecule has 0 aliphatic carbocycles. The third-order valence-corrected chi connectivity index (χ3v) is 18.9. The van der Waals surface area contributed by atoms with Gasteiger partial charge in [0.05, 0.1) is 85.9 Å². The van der Waals surface area contributed by atoms with Crippen molar-refractivity contribution in [1.29, 1.82) is 0 Å². The van der Waals surface area contributed by atoms with Crippen LogP contribution in [0.5, 0.6) is 0 Å². The van der Waals surface area contributed by atoms with Gasteiger partial charge in [0.15, 0.2) is 18.9 Å². The molecule has 0 unspecified atom stereocenters. The van der Waals surface area contributed by atoms with Gasteiger partial charge in [0.25, 0.3) is 0 Å². The fourth-order valence-corrected chi connectivity index (χ4v) is 13.5. The number of rotatable bonds is 38. The largest absolute Gasteiger partial charge is 0.374 e. The highest BCUT2D eigenvalue weighted by molar-refractivity contribution is 5.73. The zero-order valence-corrected chi connectivity index (χ0v) is 60.3. The van der Waals surface area contributed by atoms with Crippen molar-refractivity contribution >= 4 is 5.91 Å². The Morgan fingerprint density at radius 3 is 0.757 bits per heavy atom. The van der Waals surface area contributed by atoms with Gasteiger partial charge in [0.2, 0.25) is 5.91 Å². The Balaban J connectivity index is 0.937. The maximum Gasteiger partial charge on any atom is 0.217 e. The Hall–Kier alpha value is -8.93. The molecule has 0 spiro atoms. The highest BCUT2D eigenvalue weighted by Crippen LogP contribution is 2.40. The smallest absolute Gasteiger partial charge is 0.217 e. The van der Waals surface area contributed by atoms with Crippen LogP contribution < -0.4 is 5.32 Å². The number of ether oxygens (including phenoxy) is 15. The summed E-state index contributed by atoms with van der Waals surface area (Å²) in [5.74, 6) is -0.344. The summed E-state index contributed by atoms with van der Waals surface area (Å²) < 4.78 is 109. The zero-order valence-electron chi connectivity index (χ0n) is 60.3. The molecular weight excluding hydrogens is 1350 g/mol.